The molecule has 23 heavy (non-hydrogen) atoms. The molecule has 1 N–H and O–H groups in total. The minimum Gasteiger partial charge on any atom is -0.350 e. The first kappa shape index (κ1) is 16.7. The van der Waals surface area contributed by atoms with Crippen LogP contribution in [0.15, 0.2) is 41.6 Å². The zero-order chi connectivity index (χ0) is 17.0. The van der Waals surface area contributed by atoms with Crippen molar-refractivity contribution in [3.8, 4) is 0 Å². The maximum atomic E-state index is 12.9. The van der Waals surface area contributed by atoms with E-state index in [9.17, 15) is 22.8 Å². The van der Waals surface area contributed by atoms with E-state index in [0.717, 1.165) is 12.1 Å². The summed E-state index contributed by atoms with van der Waals surface area (Å²) in [6.45, 7) is 1.73. The Morgan fingerprint density at radius 3 is 2.70 bits per heavy atom. The molecule has 1 heterocycles. The molecule has 0 aliphatic rings. The number of carbonyl (C=O) groups excluding carboxylic acids is 1. The summed E-state index contributed by atoms with van der Waals surface area (Å²) >= 11 is 0. The molecule has 0 saturated carbocycles. The van der Waals surface area contributed by atoms with E-state index in [-0.39, 0.29) is 18.6 Å². The second kappa shape index (κ2) is 6.64. The van der Waals surface area contributed by atoms with Crippen LogP contribution >= 0.6 is 0 Å². The van der Waals surface area contributed by atoms with Gasteiger partial charge < -0.3 is 5.32 Å². The third kappa shape index (κ3) is 3.97. The Hall–Kier alpha value is -2.64. The van der Waals surface area contributed by atoms with Crippen LogP contribution in [-0.2, 0) is 12.7 Å². The standard InChI is InChI=1S/C15H14F3N3O2/c1-10-8-19-9-21(14(10)23)7-6-20-13(22)11-4-2-3-5-12(11)15(16,17)18/h2-5,8-9H,6-7H2,1H3,(H,20,22). The van der Waals surface area contributed by atoms with Crippen molar-refractivity contribution in [1.29, 1.82) is 0 Å². The number of aryl methyl sites for hydroxylation is 1. The van der Waals surface area contributed by atoms with Crippen LogP contribution in [0.25, 0.3) is 0 Å². The van der Waals surface area contributed by atoms with Gasteiger partial charge in [-0.05, 0) is 19.1 Å². The normalized spacial score (nSPS) is 11.3. The lowest BCUT2D eigenvalue weighted by atomic mass is 10.1. The Bertz CT molecular complexity index is 769. The van der Waals surface area contributed by atoms with Crippen molar-refractivity contribution >= 4 is 5.91 Å². The zero-order valence-corrected chi connectivity index (χ0v) is 12.2. The van der Waals surface area contributed by atoms with Gasteiger partial charge in [-0.1, -0.05) is 12.1 Å². The highest BCUT2D eigenvalue weighted by atomic mass is 19.4. The number of carbonyl (C=O) groups is 1. The molecular weight excluding hydrogens is 311 g/mol. The molecule has 0 radical (unpaired) electrons. The molecule has 0 atom stereocenters. The Kier molecular flexibility index (Phi) is 4.83. The van der Waals surface area contributed by atoms with Gasteiger partial charge in [0, 0.05) is 24.8 Å². The van der Waals surface area contributed by atoms with E-state index in [2.05, 4.69) is 10.3 Å². The van der Waals surface area contributed by atoms with Gasteiger partial charge in [-0.3, -0.25) is 14.2 Å². The average Bonchev–Trinajstić information content (AvgIpc) is 2.50. The number of aromatic nitrogens is 2. The molecule has 0 unspecified atom stereocenters. The fourth-order valence-corrected chi connectivity index (χ4v) is 2.03. The molecule has 1 aromatic carbocycles. The summed E-state index contributed by atoms with van der Waals surface area (Å²) in [5, 5.41) is 2.38. The third-order valence-corrected chi connectivity index (χ3v) is 3.19. The van der Waals surface area contributed by atoms with Crippen molar-refractivity contribution in [3.05, 3.63) is 63.8 Å². The molecule has 1 amide bonds. The molecule has 5 nitrogen and oxygen atoms in total. The van der Waals surface area contributed by atoms with E-state index in [1.165, 1.54) is 29.2 Å². The van der Waals surface area contributed by atoms with E-state index in [0.29, 0.717) is 5.56 Å². The van der Waals surface area contributed by atoms with Gasteiger partial charge in [-0.2, -0.15) is 13.2 Å². The van der Waals surface area contributed by atoms with Crippen molar-refractivity contribution in [2.45, 2.75) is 19.6 Å². The maximum absolute atomic E-state index is 12.9. The van der Waals surface area contributed by atoms with Crippen LogP contribution in [0.5, 0.6) is 0 Å². The minimum absolute atomic E-state index is 0.00998. The Labute approximate surface area is 129 Å². The van der Waals surface area contributed by atoms with Crippen molar-refractivity contribution in [1.82, 2.24) is 14.9 Å². The zero-order valence-electron chi connectivity index (χ0n) is 12.2. The Morgan fingerprint density at radius 2 is 2.00 bits per heavy atom. The third-order valence-electron chi connectivity index (χ3n) is 3.19. The summed E-state index contributed by atoms with van der Waals surface area (Å²) in [5.41, 5.74) is -1.26. The lowest BCUT2D eigenvalue weighted by Gasteiger charge is -2.13. The van der Waals surface area contributed by atoms with E-state index in [1.54, 1.807) is 6.92 Å². The average molecular weight is 325 g/mol. The van der Waals surface area contributed by atoms with Gasteiger partial charge in [-0.25, -0.2) is 4.98 Å². The van der Waals surface area contributed by atoms with Crippen molar-refractivity contribution in [3.63, 3.8) is 0 Å². The van der Waals surface area contributed by atoms with Crippen LogP contribution in [0, 0.1) is 6.92 Å². The molecule has 2 rings (SSSR count). The summed E-state index contributed by atoms with van der Waals surface area (Å²) in [6.07, 6.45) is -1.88. The summed E-state index contributed by atoms with van der Waals surface area (Å²) in [6, 6.07) is 4.54. The summed E-state index contributed by atoms with van der Waals surface area (Å²) in [5.74, 6) is -0.841. The van der Waals surface area contributed by atoms with Gasteiger partial charge >= 0.3 is 6.18 Å². The van der Waals surface area contributed by atoms with E-state index >= 15 is 0 Å². The number of hydrogen-bond acceptors (Lipinski definition) is 3. The number of hydrogen-bond donors (Lipinski definition) is 1. The van der Waals surface area contributed by atoms with Gasteiger partial charge in [0.1, 0.15) is 0 Å². The summed E-state index contributed by atoms with van der Waals surface area (Å²) in [7, 11) is 0. The highest BCUT2D eigenvalue weighted by Crippen LogP contribution is 2.31. The Morgan fingerprint density at radius 1 is 1.30 bits per heavy atom. The van der Waals surface area contributed by atoms with E-state index < -0.39 is 23.2 Å². The number of amides is 1. The first-order valence-corrected chi connectivity index (χ1v) is 6.76. The number of rotatable bonds is 4. The van der Waals surface area contributed by atoms with Gasteiger partial charge in [0.15, 0.2) is 0 Å². The summed E-state index contributed by atoms with van der Waals surface area (Å²) < 4.78 is 39.9. The largest absolute Gasteiger partial charge is 0.417 e. The number of benzene rings is 1. The van der Waals surface area contributed by atoms with Gasteiger partial charge in [0.2, 0.25) is 0 Å². The molecule has 0 saturated heterocycles. The van der Waals surface area contributed by atoms with Crippen molar-refractivity contribution in [2.24, 2.45) is 0 Å². The van der Waals surface area contributed by atoms with Crippen LogP contribution in [0.3, 0.4) is 0 Å². The molecule has 2 aromatic rings. The van der Waals surface area contributed by atoms with Crippen LogP contribution in [-0.4, -0.2) is 22.0 Å². The molecule has 1 aromatic heterocycles. The first-order chi connectivity index (χ1) is 10.8. The lowest BCUT2D eigenvalue weighted by molar-refractivity contribution is -0.137. The number of nitrogens with one attached hydrogen (secondary N) is 1. The number of alkyl halides is 3. The van der Waals surface area contributed by atoms with E-state index in [4.69, 9.17) is 0 Å². The molecule has 0 spiro atoms. The Balaban J connectivity index is 2.07. The van der Waals surface area contributed by atoms with E-state index in [1.807, 2.05) is 0 Å². The topological polar surface area (TPSA) is 64.0 Å². The van der Waals surface area contributed by atoms with Gasteiger partial charge in [0.25, 0.3) is 11.5 Å². The first-order valence-electron chi connectivity index (χ1n) is 6.76. The van der Waals surface area contributed by atoms with Crippen LogP contribution in [0.1, 0.15) is 21.5 Å². The highest BCUT2D eigenvalue weighted by molar-refractivity contribution is 5.95. The summed E-state index contributed by atoms with van der Waals surface area (Å²) in [4.78, 5) is 27.6. The van der Waals surface area contributed by atoms with Gasteiger partial charge in [-0.15, -0.1) is 0 Å². The lowest BCUT2D eigenvalue weighted by Crippen LogP contribution is -2.32. The quantitative estimate of drug-likeness (QED) is 0.935. The van der Waals surface area contributed by atoms with Crippen LogP contribution in [0.2, 0.25) is 0 Å². The smallest absolute Gasteiger partial charge is 0.350 e. The fourth-order valence-electron chi connectivity index (χ4n) is 2.03. The van der Waals surface area contributed by atoms with Crippen molar-refractivity contribution in [2.75, 3.05) is 6.54 Å². The SMILES string of the molecule is Cc1cncn(CCNC(=O)c2ccccc2C(F)(F)F)c1=O. The number of halogens is 3. The molecule has 8 heteroatoms. The minimum atomic E-state index is -4.61. The predicted octanol–water partition coefficient (Wildman–Crippen LogP) is 2.00. The second-order valence-electron chi connectivity index (χ2n) is 4.87. The van der Waals surface area contributed by atoms with Crippen molar-refractivity contribution < 1.29 is 18.0 Å². The monoisotopic (exact) mass is 325 g/mol. The number of nitrogens with zero attached hydrogens (tertiary/aromatic N) is 2. The van der Waals surface area contributed by atoms with Crippen LogP contribution < -0.4 is 10.9 Å². The molecule has 122 valence electrons. The molecule has 0 aliphatic carbocycles. The molecular formula is C15H14F3N3O2. The van der Waals surface area contributed by atoms with Gasteiger partial charge in [0.05, 0.1) is 17.5 Å². The molecule has 0 bridgehead atoms. The van der Waals surface area contributed by atoms with Crippen LogP contribution in [0.4, 0.5) is 13.2 Å². The fraction of sp³-hybridized carbons (Fsp3) is 0.267. The molecule has 0 fully saturated rings. The molecule has 0 aliphatic heterocycles. The maximum Gasteiger partial charge on any atom is 0.417 e. The second-order valence-corrected chi connectivity index (χ2v) is 4.87. The highest BCUT2D eigenvalue weighted by Gasteiger charge is 2.34. The predicted molar refractivity (Wildman–Crippen MR) is 77.0 cm³/mol.